The summed E-state index contributed by atoms with van der Waals surface area (Å²) in [5.41, 5.74) is 9.61. The molecule has 0 amide bonds. The monoisotopic (exact) mass is 515 g/mol. The number of benzene rings is 1. The zero-order chi connectivity index (χ0) is 26.5. The summed E-state index contributed by atoms with van der Waals surface area (Å²) in [6, 6.07) is 7.26. The maximum Gasteiger partial charge on any atom is 0.177 e. The van der Waals surface area contributed by atoms with Crippen LogP contribution < -0.4 is 5.32 Å². The van der Waals surface area contributed by atoms with Gasteiger partial charge in [-0.15, -0.1) is 0 Å². The smallest absolute Gasteiger partial charge is 0.177 e. The van der Waals surface area contributed by atoms with Crippen LogP contribution in [0.5, 0.6) is 0 Å². The van der Waals surface area contributed by atoms with Crippen LogP contribution in [0.1, 0.15) is 41.0 Å². The first kappa shape index (κ1) is 24.8. The van der Waals surface area contributed by atoms with E-state index in [0.717, 1.165) is 56.7 Å². The number of pyridine rings is 1. The van der Waals surface area contributed by atoms with Crippen molar-refractivity contribution < 1.29 is 8.42 Å². The van der Waals surface area contributed by atoms with Crippen molar-refractivity contribution in [1.82, 2.24) is 24.7 Å². The molecule has 0 spiro atoms. The number of sulfone groups is 1. The van der Waals surface area contributed by atoms with Crippen molar-refractivity contribution in [2.75, 3.05) is 11.6 Å². The van der Waals surface area contributed by atoms with Crippen molar-refractivity contribution >= 4 is 32.6 Å². The lowest BCUT2D eigenvalue weighted by Crippen LogP contribution is -2.06. The largest absolute Gasteiger partial charge is 0.353 e. The fourth-order valence-corrected chi connectivity index (χ4v) is 5.39. The number of anilines is 2. The first-order chi connectivity index (χ1) is 17.5. The third-order valence-corrected chi connectivity index (χ3v) is 7.52. The lowest BCUT2D eigenvalue weighted by molar-refractivity contribution is 0.602. The molecule has 9 nitrogen and oxygen atoms in total. The quantitative estimate of drug-likeness (QED) is 0.399. The van der Waals surface area contributed by atoms with E-state index in [1.165, 1.54) is 6.26 Å². The van der Waals surface area contributed by atoms with Gasteiger partial charge in [-0.05, 0) is 51.5 Å². The summed E-state index contributed by atoms with van der Waals surface area (Å²) in [5.74, 6) is 0. The van der Waals surface area contributed by atoms with E-state index < -0.39 is 9.84 Å². The molecule has 1 aromatic carbocycles. The minimum Gasteiger partial charge on any atom is -0.353 e. The molecule has 0 radical (unpaired) electrons. The van der Waals surface area contributed by atoms with Crippen LogP contribution in [0.25, 0.3) is 11.3 Å². The minimum absolute atomic E-state index is 0.195. The molecule has 37 heavy (non-hydrogen) atoms. The van der Waals surface area contributed by atoms with Gasteiger partial charge in [0, 0.05) is 55.5 Å². The molecule has 1 aliphatic rings. The number of hydrogen-bond donors (Lipinski definition) is 1. The summed E-state index contributed by atoms with van der Waals surface area (Å²) in [7, 11) is -1.70. The first-order valence-corrected chi connectivity index (χ1v) is 13.8. The predicted molar refractivity (Wildman–Crippen MR) is 145 cm³/mol. The number of aliphatic imine (C=N–C) groups is 1. The molecule has 4 aromatic rings. The van der Waals surface area contributed by atoms with Gasteiger partial charge in [-0.2, -0.15) is 5.10 Å². The fraction of sp³-hybridized carbons (Fsp3) is 0.296. The van der Waals surface area contributed by atoms with E-state index in [2.05, 4.69) is 20.4 Å². The second-order valence-corrected chi connectivity index (χ2v) is 11.6. The SMILES string of the molecule is CC1=Nc2c(Nc3ccc(-c4nn(C)cc4C)cc3S(C)(=O)=O)cc(Cc3cnc(C)c(C)n3)nc2C1. The second kappa shape index (κ2) is 9.19. The molecule has 0 bridgehead atoms. The van der Waals surface area contributed by atoms with Gasteiger partial charge in [-0.1, -0.05) is 6.07 Å². The highest BCUT2D eigenvalue weighted by Gasteiger charge is 2.22. The molecule has 0 saturated carbocycles. The molecule has 0 unspecified atom stereocenters. The van der Waals surface area contributed by atoms with Gasteiger partial charge < -0.3 is 5.32 Å². The first-order valence-electron chi connectivity index (χ1n) is 12.0. The third-order valence-electron chi connectivity index (χ3n) is 6.38. The van der Waals surface area contributed by atoms with Crippen molar-refractivity contribution in [2.24, 2.45) is 12.0 Å². The zero-order valence-electron chi connectivity index (χ0n) is 21.8. The van der Waals surface area contributed by atoms with E-state index in [0.29, 0.717) is 24.2 Å². The molecule has 4 heterocycles. The molecule has 10 heteroatoms. The number of nitrogens with zero attached hydrogens (tertiary/aromatic N) is 6. The zero-order valence-corrected chi connectivity index (χ0v) is 22.6. The Bertz CT molecular complexity index is 1690. The predicted octanol–water partition coefficient (Wildman–Crippen LogP) is 4.58. The fourth-order valence-electron chi connectivity index (χ4n) is 4.53. The Morgan fingerprint density at radius 1 is 1.00 bits per heavy atom. The normalized spacial score (nSPS) is 13.0. The summed E-state index contributed by atoms with van der Waals surface area (Å²) >= 11 is 0. The van der Waals surface area contributed by atoms with Gasteiger partial charge >= 0.3 is 0 Å². The highest BCUT2D eigenvalue weighted by molar-refractivity contribution is 7.90. The molecule has 1 aliphatic heterocycles. The topological polar surface area (TPSA) is 115 Å². The van der Waals surface area contributed by atoms with Gasteiger partial charge in [0.2, 0.25) is 0 Å². The Kier molecular flexibility index (Phi) is 6.15. The van der Waals surface area contributed by atoms with Gasteiger partial charge in [-0.3, -0.25) is 24.6 Å². The van der Waals surface area contributed by atoms with Crippen LogP contribution >= 0.6 is 0 Å². The number of hydrogen-bond acceptors (Lipinski definition) is 8. The second-order valence-electron chi connectivity index (χ2n) is 9.63. The number of nitrogens with one attached hydrogen (secondary N) is 1. The van der Waals surface area contributed by atoms with E-state index in [1.54, 1.807) is 23.0 Å². The highest BCUT2D eigenvalue weighted by atomic mass is 32.2. The molecule has 0 atom stereocenters. The van der Waals surface area contributed by atoms with Crippen LogP contribution in [0.4, 0.5) is 17.1 Å². The van der Waals surface area contributed by atoms with Crippen molar-refractivity contribution in [2.45, 2.75) is 45.4 Å². The Hall–Kier alpha value is -3.92. The summed E-state index contributed by atoms with van der Waals surface area (Å²) in [6.07, 6.45) is 6.04. The Morgan fingerprint density at radius 3 is 2.46 bits per heavy atom. The average molecular weight is 516 g/mol. The third kappa shape index (κ3) is 5.01. The number of aromatic nitrogens is 5. The van der Waals surface area contributed by atoms with Gasteiger partial charge in [0.15, 0.2) is 9.84 Å². The molecule has 190 valence electrons. The van der Waals surface area contributed by atoms with Gasteiger partial charge in [-0.25, -0.2) is 8.42 Å². The molecular formula is C27H29N7O2S. The van der Waals surface area contributed by atoms with Gasteiger partial charge in [0.25, 0.3) is 0 Å². The molecule has 5 rings (SSSR count). The molecule has 0 saturated heterocycles. The van der Waals surface area contributed by atoms with Gasteiger partial charge in [0.05, 0.1) is 44.7 Å². The maximum atomic E-state index is 12.9. The van der Waals surface area contributed by atoms with E-state index in [9.17, 15) is 8.42 Å². The van der Waals surface area contributed by atoms with Crippen LogP contribution in [-0.2, 0) is 29.7 Å². The van der Waals surface area contributed by atoms with Crippen LogP contribution in [-0.4, -0.2) is 45.1 Å². The minimum atomic E-state index is -3.55. The average Bonchev–Trinajstić information content (AvgIpc) is 3.36. The lowest BCUT2D eigenvalue weighted by Gasteiger charge is -2.16. The summed E-state index contributed by atoms with van der Waals surface area (Å²) in [5, 5.41) is 7.86. The molecule has 1 N–H and O–H groups in total. The Labute approximate surface area is 216 Å². The van der Waals surface area contributed by atoms with E-state index in [1.807, 2.05) is 53.1 Å². The van der Waals surface area contributed by atoms with Crippen LogP contribution in [0.2, 0.25) is 0 Å². The Morgan fingerprint density at radius 2 is 1.78 bits per heavy atom. The van der Waals surface area contributed by atoms with Crippen LogP contribution in [0.3, 0.4) is 0 Å². The standard InChI is InChI=1S/C27H29N7O2S/c1-15-14-34(5)33-26(15)19-7-8-22(25(10-19)37(6,35)36)32-24-12-20(31-23-9-16(2)29-27(23)24)11-21-13-28-17(3)18(4)30-21/h7-8,10,12-14H,9,11H2,1-6H3,(H,31,32). The van der Waals surface area contributed by atoms with Crippen LogP contribution in [0.15, 0.2) is 46.5 Å². The molecular weight excluding hydrogens is 486 g/mol. The summed E-state index contributed by atoms with van der Waals surface area (Å²) in [4.78, 5) is 18.8. The van der Waals surface area contributed by atoms with Crippen molar-refractivity contribution in [1.29, 1.82) is 0 Å². The number of rotatable bonds is 6. The molecule has 0 fully saturated rings. The summed E-state index contributed by atoms with van der Waals surface area (Å²) in [6.45, 7) is 7.79. The summed E-state index contributed by atoms with van der Waals surface area (Å²) < 4.78 is 27.4. The molecule has 0 aliphatic carbocycles. The molecule has 3 aromatic heterocycles. The van der Waals surface area contributed by atoms with Gasteiger partial charge in [0.1, 0.15) is 5.69 Å². The maximum absolute atomic E-state index is 12.9. The Balaban J connectivity index is 1.57. The van der Waals surface area contributed by atoms with E-state index in [4.69, 9.17) is 9.98 Å². The van der Waals surface area contributed by atoms with Crippen molar-refractivity contribution in [3.8, 4) is 11.3 Å². The lowest BCUT2D eigenvalue weighted by atomic mass is 10.1. The van der Waals surface area contributed by atoms with Crippen LogP contribution in [0, 0.1) is 20.8 Å². The van der Waals surface area contributed by atoms with E-state index >= 15 is 0 Å². The van der Waals surface area contributed by atoms with Crippen molar-refractivity contribution in [3.63, 3.8) is 0 Å². The van der Waals surface area contributed by atoms with Crippen molar-refractivity contribution in [3.05, 3.63) is 70.7 Å². The number of fused-ring (bicyclic) bond motifs is 1. The van der Waals surface area contributed by atoms with E-state index in [-0.39, 0.29) is 4.90 Å². The number of aryl methyl sites for hydroxylation is 4. The highest BCUT2D eigenvalue weighted by Crippen LogP contribution is 2.38.